The number of aromatic nitrogens is 3. The fraction of sp³-hybridized carbons (Fsp3) is 0. The molecule has 1 radical (unpaired) electrons. The molecule has 8 rings (SSSR count). The van der Waals surface area contributed by atoms with Gasteiger partial charge in [-0.3, -0.25) is 0 Å². The van der Waals surface area contributed by atoms with E-state index in [1.165, 1.54) is 52.5 Å². The van der Waals surface area contributed by atoms with Gasteiger partial charge in [-0.2, -0.15) is 6.07 Å². The third-order valence-electron chi connectivity index (χ3n) is 6.41. The predicted molar refractivity (Wildman–Crippen MR) is 137 cm³/mol. The van der Waals surface area contributed by atoms with Crippen LogP contribution in [0.25, 0.3) is 63.5 Å². The summed E-state index contributed by atoms with van der Waals surface area (Å²) in [6, 6.07) is 27.6. The molecule has 0 saturated carbocycles. The van der Waals surface area contributed by atoms with Gasteiger partial charge < -0.3 is 14.0 Å². The average Bonchev–Trinajstić information content (AvgIpc) is 3.60. The molecule has 0 aliphatic carbocycles. The summed E-state index contributed by atoms with van der Waals surface area (Å²) in [5, 5.41) is 8.33. The molecule has 159 valence electrons. The Balaban J connectivity index is 0.00000190. The van der Waals surface area contributed by atoms with Crippen LogP contribution in [0.2, 0.25) is 0 Å². The van der Waals surface area contributed by atoms with Crippen LogP contribution < -0.4 is 0 Å². The van der Waals surface area contributed by atoms with Crippen molar-refractivity contribution in [2.45, 2.75) is 0 Å². The number of thiophene rings is 2. The van der Waals surface area contributed by atoms with Crippen molar-refractivity contribution < 1.29 is 20.1 Å². The van der Waals surface area contributed by atoms with Crippen molar-refractivity contribution in [1.82, 2.24) is 14.0 Å². The monoisotopic (exact) mass is 637 g/mol. The largest absolute Gasteiger partial charge is 0.345 e. The molecule has 0 bridgehead atoms. The average molecular weight is 637 g/mol. The van der Waals surface area contributed by atoms with E-state index >= 15 is 0 Å². The van der Waals surface area contributed by atoms with E-state index in [9.17, 15) is 0 Å². The zero-order valence-corrected chi connectivity index (χ0v) is 21.1. The Morgan fingerprint density at radius 1 is 0.848 bits per heavy atom. The number of benzene rings is 3. The van der Waals surface area contributed by atoms with Gasteiger partial charge in [-0.25, -0.2) is 11.3 Å². The Morgan fingerprint density at radius 2 is 1.61 bits per heavy atom. The maximum atomic E-state index is 4.61. The maximum Gasteiger partial charge on any atom is 0.0870 e. The summed E-state index contributed by atoms with van der Waals surface area (Å²) in [6.07, 6.45) is 3.94. The van der Waals surface area contributed by atoms with Crippen LogP contribution in [0, 0.1) is 6.07 Å². The van der Waals surface area contributed by atoms with Gasteiger partial charge in [-0.05, 0) is 41.1 Å². The third-order valence-corrected chi connectivity index (χ3v) is 8.46. The first-order valence-electron chi connectivity index (χ1n) is 10.5. The van der Waals surface area contributed by atoms with Crippen LogP contribution in [0.15, 0.2) is 84.5 Å². The fourth-order valence-corrected chi connectivity index (χ4v) is 7.20. The summed E-state index contributed by atoms with van der Waals surface area (Å²) in [4.78, 5) is 5.85. The molecule has 0 saturated heterocycles. The van der Waals surface area contributed by atoms with Crippen LogP contribution in [-0.4, -0.2) is 14.0 Å². The van der Waals surface area contributed by atoms with Gasteiger partial charge in [-0.15, -0.1) is 16.7 Å². The molecule has 5 heterocycles. The van der Waals surface area contributed by atoms with Crippen LogP contribution >= 0.6 is 22.7 Å². The van der Waals surface area contributed by atoms with Crippen LogP contribution in [0.3, 0.4) is 0 Å². The molecule has 0 unspecified atom stereocenters. The summed E-state index contributed by atoms with van der Waals surface area (Å²) >= 11 is 3.59. The summed E-state index contributed by atoms with van der Waals surface area (Å²) in [5.41, 5.74) is 4.65. The maximum absolute atomic E-state index is 4.61. The smallest absolute Gasteiger partial charge is 0.0870 e. The normalized spacial score (nSPS) is 12.0. The first-order chi connectivity index (χ1) is 15.9. The number of nitrogens with zero attached hydrogens (tertiary/aromatic N) is 3. The van der Waals surface area contributed by atoms with E-state index in [1.807, 2.05) is 17.5 Å². The van der Waals surface area contributed by atoms with Gasteiger partial charge >= 0.3 is 0 Å². The second-order valence-corrected chi connectivity index (χ2v) is 9.95. The van der Waals surface area contributed by atoms with E-state index in [2.05, 4.69) is 98.3 Å². The quantitative estimate of drug-likeness (QED) is 0.169. The summed E-state index contributed by atoms with van der Waals surface area (Å²) < 4.78 is 7.16. The second kappa shape index (κ2) is 6.99. The molecule has 6 heteroatoms. The van der Waals surface area contributed by atoms with Gasteiger partial charge in [0.15, 0.2) is 0 Å². The van der Waals surface area contributed by atoms with E-state index < -0.39 is 0 Å². The molecule has 0 atom stereocenters. The van der Waals surface area contributed by atoms with Crippen LogP contribution in [0.5, 0.6) is 0 Å². The van der Waals surface area contributed by atoms with Crippen molar-refractivity contribution in [3.8, 4) is 5.69 Å². The SMILES string of the molecule is [Ir].[c-]1csc2c1c1nccn1c1sc3ccc(-n4c5ccccc5c5ccccc54)cc3c21. The summed E-state index contributed by atoms with van der Waals surface area (Å²) in [5.74, 6) is 0. The molecule has 8 aromatic rings. The van der Waals surface area contributed by atoms with E-state index in [4.69, 9.17) is 0 Å². The molecular formula is C27H14IrN3S2-. The van der Waals surface area contributed by atoms with Crippen molar-refractivity contribution >= 4 is 80.5 Å². The van der Waals surface area contributed by atoms with Crippen molar-refractivity contribution in [1.29, 1.82) is 0 Å². The Labute approximate surface area is 209 Å². The number of hydrogen-bond acceptors (Lipinski definition) is 3. The molecule has 0 aliphatic heterocycles. The molecular weight excluding hydrogens is 623 g/mol. The standard InChI is InChI=1S/C27H14N3S2.Ir/c1-3-7-21-17(5-1)18-6-2-4-8-22(18)30(21)16-9-10-23-20(15-16)24-25-19(11-14-31-25)26-28-12-13-29(26)27(24)32-23;/h1-10,12-15H;/q-1;. The first kappa shape index (κ1) is 19.4. The summed E-state index contributed by atoms with van der Waals surface area (Å²) in [7, 11) is 0. The van der Waals surface area contributed by atoms with Gasteiger partial charge in [0.1, 0.15) is 0 Å². The van der Waals surface area contributed by atoms with Gasteiger partial charge in [-0.1, -0.05) is 46.5 Å². The first-order valence-corrected chi connectivity index (χ1v) is 12.2. The number of pyridine rings is 1. The summed E-state index contributed by atoms with van der Waals surface area (Å²) in [6.45, 7) is 0. The Bertz CT molecular complexity index is 1950. The molecule has 0 N–H and O–H groups in total. The Hall–Kier alpha value is -3.02. The Kier molecular flexibility index (Phi) is 4.12. The van der Waals surface area contributed by atoms with Gasteiger partial charge in [0.2, 0.25) is 0 Å². The third kappa shape index (κ3) is 2.49. The van der Waals surface area contributed by atoms with Gasteiger partial charge in [0.25, 0.3) is 0 Å². The van der Waals surface area contributed by atoms with Crippen LogP contribution in [0.1, 0.15) is 0 Å². The molecule has 0 amide bonds. The zero-order chi connectivity index (χ0) is 20.8. The van der Waals surface area contributed by atoms with Crippen molar-refractivity contribution in [2.24, 2.45) is 0 Å². The number of fused-ring (bicyclic) bond motifs is 11. The zero-order valence-electron chi connectivity index (χ0n) is 17.1. The molecule has 0 spiro atoms. The van der Waals surface area contributed by atoms with Crippen LogP contribution in [-0.2, 0) is 20.1 Å². The molecule has 5 aromatic heterocycles. The van der Waals surface area contributed by atoms with Crippen molar-refractivity contribution in [3.05, 3.63) is 90.6 Å². The van der Waals surface area contributed by atoms with Crippen molar-refractivity contribution in [3.63, 3.8) is 0 Å². The topological polar surface area (TPSA) is 22.2 Å². The molecule has 33 heavy (non-hydrogen) atoms. The predicted octanol–water partition coefficient (Wildman–Crippen LogP) is 7.81. The number of hydrogen-bond donors (Lipinski definition) is 0. The van der Waals surface area contributed by atoms with E-state index in [0.717, 1.165) is 11.0 Å². The number of imidazole rings is 1. The van der Waals surface area contributed by atoms with Gasteiger partial charge in [0, 0.05) is 59.3 Å². The number of rotatable bonds is 1. The Morgan fingerprint density at radius 3 is 2.39 bits per heavy atom. The van der Waals surface area contributed by atoms with Gasteiger partial charge in [0.05, 0.1) is 15.9 Å². The molecule has 3 aromatic carbocycles. The molecule has 3 nitrogen and oxygen atoms in total. The van der Waals surface area contributed by atoms with Crippen LogP contribution in [0.4, 0.5) is 0 Å². The van der Waals surface area contributed by atoms with Crippen molar-refractivity contribution in [2.75, 3.05) is 0 Å². The van der Waals surface area contributed by atoms with E-state index in [1.54, 1.807) is 11.3 Å². The second-order valence-electron chi connectivity index (χ2n) is 8.04. The molecule has 0 aliphatic rings. The fourth-order valence-electron chi connectivity index (χ4n) is 5.08. The minimum absolute atomic E-state index is 0. The number of para-hydroxylation sites is 2. The van der Waals surface area contributed by atoms with E-state index in [0.29, 0.717) is 0 Å². The molecule has 0 fully saturated rings. The van der Waals surface area contributed by atoms with E-state index in [-0.39, 0.29) is 20.1 Å². The minimum Gasteiger partial charge on any atom is -0.345 e. The minimum atomic E-state index is 0.